The highest BCUT2D eigenvalue weighted by Gasteiger charge is 2.28. The summed E-state index contributed by atoms with van der Waals surface area (Å²) in [6, 6.07) is 1.55. The summed E-state index contributed by atoms with van der Waals surface area (Å²) in [5.74, 6) is -0.889. The van der Waals surface area contributed by atoms with Gasteiger partial charge in [-0.3, -0.25) is 0 Å². The van der Waals surface area contributed by atoms with Crippen LogP contribution in [0.2, 0.25) is 4.34 Å². The maximum absolute atomic E-state index is 10.9. The van der Waals surface area contributed by atoms with E-state index in [2.05, 4.69) is 4.74 Å². The molecule has 1 aromatic heterocycles. The maximum atomic E-state index is 10.9. The molecule has 0 aliphatic rings. The summed E-state index contributed by atoms with van der Waals surface area (Å²) in [6.45, 7) is 0. The molecule has 4 nitrogen and oxygen atoms in total. The fourth-order valence-corrected chi connectivity index (χ4v) is 1.92. The van der Waals surface area contributed by atoms with E-state index in [9.17, 15) is 15.0 Å². The third-order valence-electron chi connectivity index (χ3n) is 1.71. The molecule has 0 aliphatic carbocycles. The minimum atomic E-state index is -1.60. The predicted octanol–water partition coefficient (Wildman–Crippen LogP) is 0.969. The number of aliphatic hydroxyl groups is 2. The summed E-state index contributed by atoms with van der Waals surface area (Å²) in [7, 11) is 1.13. The molecule has 0 aromatic carbocycles. The van der Waals surface area contributed by atoms with Gasteiger partial charge in [0.1, 0.15) is 6.10 Å². The SMILES string of the molecule is COC(=O)C(O)C(O)c1ccsc1Cl. The van der Waals surface area contributed by atoms with Crippen molar-refractivity contribution in [1.82, 2.24) is 0 Å². The van der Waals surface area contributed by atoms with Gasteiger partial charge in [-0.05, 0) is 11.4 Å². The summed E-state index contributed by atoms with van der Waals surface area (Å²) in [4.78, 5) is 10.9. The molecular weight excluding hydrogens is 228 g/mol. The molecule has 0 saturated carbocycles. The fourth-order valence-electron chi connectivity index (χ4n) is 0.935. The summed E-state index contributed by atoms with van der Waals surface area (Å²) in [5.41, 5.74) is 0.328. The second kappa shape index (κ2) is 4.75. The zero-order chi connectivity index (χ0) is 10.7. The predicted molar refractivity (Wildman–Crippen MR) is 52.3 cm³/mol. The Labute approximate surface area is 89.7 Å². The van der Waals surface area contributed by atoms with Crippen molar-refractivity contribution >= 4 is 28.9 Å². The number of hydrogen-bond donors (Lipinski definition) is 2. The lowest BCUT2D eigenvalue weighted by Gasteiger charge is -2.14. The van der Waals surface area contributed by atoms with Crippen molar-refractivity contribution in [2.75, 3.05) is 7.11 Å². The molecular formula is C8H9ClO4S. The number of ether oxygens (including phenoxy) is 1. The molecule has 78 valence electrons. The van der Waals surface area contributed by atoms with Crippen LogP contribution in [0, 0.1) is 0 Å². The quantitative estimate of drug-likeness (QED) is 0.768. The van der Waals surface area contributed by atoms with Crippen LogP contribution in [0.5, 0.6) is 0 Å². The molecule has 0 fully saturated rings. The monoisotopic (exact) mass is 236 g/mol. The van der Waals surface area contributed by atoms with Crippen LogP contribution in [0.25, 0.3) is 0 Å². The van der Waals surface area contributed by atoms with Crippen LogP contribution in [-0.2, 0) is 9.53 Å². The molecule has 0 spiro atoms. The summed E-state index contributed by atoms with van der Waals surface area (Å²) >= 11 is 6.93. The number of halogens is 1. The molecule has 0 radical (unpaired) electrons. The largest absolute Gasteiger partial charge is 0.467 e. The first-order valence-electron chi connectivity index (χ1n) is 3.74. The van der Waals surface area contributed by atoms with Gasteiger partial charge in [0.05, 0.1) is 11.4 Å². The highest BCUT2D eigenvalue weighted by atomic mass is 35.5. The number of methoxy groups -OCH3 is 1. The Hall–Kier alpha value is -0.620. The molecule has 1 rings (SSSR count). The van der Waals surface area contributed by atoms with Crippen molar-refractivity contribution in [3.63, 3.8) is 0 Å². The van der Waals surface area contributed by atoms with Crippen molar-refractivity contribution in [1.29, 1.82) is 0 Å². The number of aliphatic hydroxyl groups excluding tert-OH is 2. The van der Waals surface area contributed by atoms with Gasteiger partial charge in [0.25, 0.3) is 0 Å². The summed E-state index contributed by atoms with van der Waals surface area (Å²) in [5, 5.41) is 20.5. The molecule has 14 heavy (non-hydrogen) atoms. The van der Waals surface area contributed by atoms with Crippen molar-refractivity contribution < 1.29 is 19.7 Å². The van der Waals surface area contributed by atoms with E-state index < -0.39 is 18.2 Å². The third-order valence-corrected chi connectivity index (χ3v) is 2.91. The molecule has 0 aliphatic heterocycles. The van der Waals surface area contributed by atoms with Crippen LogP contribution in [0.1, 0.15) is 11.7 Å². The maximum Gasteiger partial charge on any atom is 0.337 e. The lowest BCUT2D eigenvalue weighted by molar-refractivity contribution is -0.156. The van der Waals surface area contributed by atoms with E-state index in [1.807, 2.05) is 0 Å². The number of hydrogen-bond acceptors (Lipinski definition) is 5. The van der Waals surface area contributed by atoms with Crippen molar-refractivity contribution in [2.45, 2.75) is 12.2 Å². The van der Waals surface area contributed by atoms with E-state index >= 15 is 0 Å². The minimum absolute atomic E-state index is 0.328. The number of carbonyl (C=O) groups is 1. The van der Waals surface area contributed by atoms with Gasteiger partial charge in [-0.1, -0.05) is 11.6 Å². The fraction of sp³-hybridized carbons (Fsp3) is 0.375. The van der Waals surface area contributed by atoms with Crippen LogP contribution >= 0.6 is 22.9 Å². The zero-order valence-corrected chi connectivity index (χ0v) is 8.88. The molecule has 1 aromatic rings. The van der Waals surface area contributed by atoms with Crippen LogP contribution in [0.3, 0.4) is 0 Å². The first-order chi connectivity index (χ1) is 6.57. The second-order valence-corrected chi connectivity index (χ2v) is 4.08. The van der Waals surface area contributed by atoms with E-state index in [1.165, 1.54) is 11.3 Å². The number of thiophene rings is 1. The second-order valence-electron chi connectivity index (χ2n) is 2.56. The average Bonchev–Trinajstić information content (AvgIpc) is 2.61. The normalized spacial score (nSPS) is 14.9. The molecule has 2 atom stereocenters. The van der Waals surface area contributed by atoms with Gasteiger partial charge in [0.2, 0.25) is 0 Å². The highest BCUT2D eigenvalue weighted by Crippen LogP contribution is 2.30. The van der Waals surface area contributed by atoms with Crippen LogP contribution in [0.4, 0.5) is 0 Å². The van der Waals surface area contributed by atoms with E-state index in [-0.39, 0.29) is 0 Å². The van der Waals surface area contributed by atoms with Gasteiger partial charge in [-0.2, -0.15) is 0 Å². The Morgan fingerprint density at radius 1 is 1.64 bits per heavy atom. The standard InChI is InChI=1S/C8H9ClO4S/c1-13-8(12)6(11)5(10)4-2-3-14-7(4)9/h2-3,5-6,10-11H,1H3. The van der Waals surface area contributed by atoms with Crippen LogP contribution < -0.4 is 0 Å². The summed E-state index contributed by atoms with van der Waals surface area (Å²) in [6.07, 6.45) is -2.95. The van der Waals surface area contributed by atoms with Gasteiger partial charge in [0.15, 0.2) is 6.10 Å². The number of esters is 1. The van der Waals surface area contributed by atoms with Crippen LogP contribution in [0.15, 0.2) is 11.4 Å². The average molecular weight is 237 g/mol. The smallest absolute Gasteiger partial charge is 0.337 e. The molecule has 2 N–H and O–H groups in total. The van der Waals surface area contributed by atoms with E-state index in [1.54, 1.807) is 11.4 Å². The van der Waals surface area contributed by atoms with Crippen molar-refractivity contribution in [3.05, 3.63) is 21.3 Å². The number of carbonyl (C=O) groups excluding carboxylic acids is 1. The van der Waals surface area contributed by atoms with Crippen molar-refractivity contribution in [3.8, 4) is 0 Å². The Balaban J connectivity index is 2.80. The highest BCUT2D eigenvalue weighted by molar-refractivity contribution is 7.14. The first-order valence-corrected chi connectivity index (χ1v) is 5.00. The Kier molecular flexibility index (Phi) is 3.88. The first kappa shape index (κ1) is 11.5. The van der Waals surface area contributed by atoms with E-state index in [0.717, 1.165) is 7.11 Å². The molecule has 0 bridgehead atoms. The minimum Gasteiger partial charge on any atom is -0.467 e. The molecule has 0 saturated heterocycles. The van der Waals surface area contributed by atoms with E-state index in [0.29, 0.717) is 9.90 Å². The van der Waals surface area contributed by atoms with Gasteiger partial charge in [-0.15, -0.1) is 11.3 Å². The third kappa shape index (κ3) is 2.24. The lowest BCUT2D eigenvalue weighted by atomic mass is 10.1. The van der Waals surface area contributed by atoms with Gasteiger partial charge in [-0.25, -0.2) is 4.79 Å². The number of rotatable bonds is 3. The van der Waals surface area contributed by atoms with Crippen LogP contribution in [-0.4, -0.2) is 29.4 Å². The van der Waals surface area contributed by atoms with Gasteiger partial charge >= 0.3 is 5.97 Å². The van der Waals surface area contributed by atoms with Gasteiger partial charge < -0.3 is 14.9 Å². The lowest BCUT2D eigenvalue weighted by Crippen LogP contribution is -2.28. The zero-order valence-electron chi connectivity index (χ0n) is 7.31. The molecule has 6 heteroatoms. The molecule has 1 heterocycles. The molecule has 0 amide bonds. The Morgan fingerprint density at radius 3 is 2.71 bits per heavy atom. The van der Waals surface area contributed by atoms with E-state index in [4.69, 9.17) is 11.6 Å². The Morgan fingerprint density at radius 2 is 2.29 bits per heavy atom. The summed E-state index contributed by atoms with van der Waals surface area (Å²) < 4.78 is 4.63. The Bertz CT molecular complexity index is 325. The molecule has 2 unspecified atom stereocenters. The topological polar surface area (TPSA) is 66.8 Å². The van der Waals surface area contributed by atoms with Crippen molar-refractivity contribution in [2.24, 2.45) is 0 Å². The van der Waals surface area contributed by atoms with Gasteiger partial charge in [0, 0.05) is 5.56 Å².